The van der Waals surface area contributed by atoms with Crippen LogP contribution < -0.4 is 26.2 Å². The van der Waals surface area contributed by atoms with E-state index in [-0.39, 0.29) is 67.8 Å². The van der Waals surface area contributed by atoms with E-state index >= 15 is 8.78 Å². The summed E-state index contributed by atoms with van der Waals surface area (Å²) < 4.78 is 39.4. The van der Waals surface area contributed by atoms with Crippen molar-refractivity contribution in [3.05, 3.63) is 87.9 Å². The molecule has 9 rings (SSSR count). The number of nitrogens with one attached hydrogen (secondary N) is 4. The highest BCUT2D eigenvalue weighted by Crippen LogP contribution is 2.44. The van der Waals surface area contributed by atoms with Crippen LogP contribution in [0.15, 0.2) is 54.3 Å². The number of β-amino-alcohol motifs (C(OH)–C–C–N with tert-alkyl or cyclic N) is 1. The number of aryl methyl sites for hydroxylation is 2. The molecule has 0 bridgehead atoms. The zero-order valence-electron chi connectivity index (χ0n) is 45.2. The fourth-order valence-electron chi connectivity index (χ4n) is 11.1. The summed E-state index contributed by atoms with van der Waals surface area (Å²) in [7, 11) is 1.61. The fourth-order valence-corrected chi connectivity index (χ4v) is 11.9. The normalized spacial score (nSPS) is 18.1. The number of halogens is 2. The highest BCUT2D eigenvalue weighted by atomic mass is 32.1. The van der Waals surface area contributed by atoms with E-state index in [1.165, 1.54) is 15.8 Å². The van der Waals surface area contributed by atoms with Crippen molar-refractivity contribution in [1.82, 2.24) is 55.6 Å². The number of carbonyl (C=O) groups is 5. The SMILES string of the molecule is CNC(=O)N1CCc2c(c(N3CCCc4cc(-c5cnn(CC(=O)NCCCCCC(=O)N[C@H](C(=O)N6C[C@H](O)C[C@H]6C(=O)NCc6ccc(-c7scnc7C)cc6)C(C)(C)C)c5)c(C(F)F)cc43)nn2C2CCOCC2)C1. The third-order valence-electron chi connectivity index (χ3n) is 15.3. The van der Waals surface area contributed by atoms with Gasteiger partial charge < -0.3 is 45.8 Å². The van der Waals surface area contributed by atoms with Crippen molar-refractivity contribution in [2.75, 3.05) is 51.3 Å². The Hall–Kier alpha value is -6.78. The number of alkyl halides is 2. The van der Waals surface area contributed by atoms with Gasteiger partial charge in [-0.1, -0.05) is 51.5 Å². The van der Waals surface area contributed by atoms with Crippen molar-refractivity contribution >= 4 is 52.5 Å². The summed E-state index contributed by atoms with van der Waals surface area (Å²) in [4.78, 5) is 77.4. The lowest BCUT2D eigenvalue weighted by molar-refractivity contribution is -0.144. The zero-order valence-corrected chi connectivity index (χ0v) is 46.0. The largest absolute Gasteiger partial charge is 0.391 e. The molecule has 6 amide bonds. The molecule has 19 nitrogen and oxygen atoms in total. The molecule has 3 aromatic heterocycles. The maximum atomic E-state index is 15.1. The summed E-state index contributed by atoms with van der Waals surface area (Å²) in [5, 5.41) is 31.7. The van der Waals surface area contributed by atoms with Gasteiger partial charge in [-0.25, -0.2) is 18.6 Å². The molecule has 7 heterocycles. The Labute approximate surface area is 457 Å². The number of aliphatic hydroxyl groups excluding tert-OH is 1. The first-order valence-corrected chi connectivity index (χ1v) is 28.1. The molecule has 2 aromatic carbocycles. The van der Waals surface area contributed by atoms with Crippen LogP contribution in [-0.2, 0) is 56.4 Å². The minimum atomic E-state index is -2.80. The lowest BCUT2D eigenvalue weighted by Gasteiger charge is -2.35. The average Bonchev–Trinajstić information content (AvgIpc) is 4.38. The molecule has 0 unspecified atom stereocenters. The van der Waals surface area contributed by atoms with Gasteiger partial charge >= 0.3 is 6.03 Å². The highest BCUT2D eigenvalue weighted by Gasteiger charge is 2.44. The molecule has 78 heavy (non-hydrogen) atoms. The second-order valence-corrected chi connectivity index (χ2v) is 22.8. The van der Waals surface area contributed by atoms with E-state index in [2.05, 4.69) is 36.0 Å². The second-order valence-electron chi connectivity index (χ2n) is 21.9. The lowest BCUT2D eigenvalue weighted by Crippen LogP contribution is -2.57. The summed E-state index contributed by atoms with van der Waals surface area (Å²) in [6, 6.07) is 9.34. The van der Waals surface area contributed by atoms with Crippen LogP contribution in [-0.4, -0.2) is 134 Å². The second kappa shape index (κ2) is 24.5. The molecule has 0 radical (unpaired) electrons. The number of carbonyl (C=O) groups excluding carboxylic acids is 5. The van der Waals surface area contributed by atoms with Gasteiger partial charge in [0, 0.05) is 107 Å². The number of ether oxygens (including phenoxy) is 1. The van der Waals surface area contributed by atoms with E-state index in [1.807, 2.05) is 62.9 Å². The van der Waals surface area contributed by atoms with E-state index < -0.39 is 35.9 Å². The molecule has 22 heteroatoms. The molecule has 0 aliphatic carbocycles. The number of nitrogens with zero attached hydrogens (tertiary/aromatic N) is 8. The zero-order chi connectivity index (χ0) is 55.3. The highest BCUT2D eigenvalue weighted by molar-refractivity contribution is 7.13. The summed E-state index contributed by atoms with van der Waals surface area (Å²) >= 11 is 1.56. The third-order valence-corrected chi connectivity index (χ3v) is 16.3. The van der Waals surface area contributed by atoms with Gasteiger partial charge in [0.25, 0.3) is 6.43 Å². The number of amides is 6. The van der Waals surface area contributed by atoms with Gasteiger partial charge in [-0.05, 0) is 85.3 Å². The molecule has 0 saturated carbocycles. The standard InChI is InChI=1S/C56H72F2N12O7S/c1-34-49(78-33-62-34)36-14-12-35(13-15-36)27-61-53(74)46-25-40(71)30-69(46)54(75)50(56(2,3)4)64-47(72)11-7-6-8-19-60-48(73)32-67-29-38(28-63-67)41-24-37-10-9-20-68(45(37)26-42(41)51(57)58)52-43-31-66(55(76)59-5)21-16-44(43)70(65-52)39-17-22-77-23-18-39/h12-15,24,26,28-29,33,39-40,46,50-51,71H,6-11,16-23,25,27,30-32H2,1-5H3,(H,59,76)(H,60,73)(H,61,74)(H,64,72)/t40-,46+,50-/m1/s1. The van der Waals surface area contributed by atoms with E-state index in [0.29, 0.717) is 94.1 Å². The number of hydrogen-bond donors (Lipinski definition) is 5. The first-order chi connectivity index (χ1) is 37.5. The summed E-state index contributed by atoms with van der Waals surface area (Å²) in [5.74, 6) is -0.753. The van der Waals surface area contributed by atoms with Gasteiger partial charge in [0.1, 0.15) is 18.6 Å². The molecular formula is C56H72F2N12O7S. The quantitative estimate of drug-likeness (QED) is 0.0579. The predicted molar refractivity (Wildman–Crippen MR) is 291 cm³/mol. The van der Waals surface area contributed by atoms with Crippen molar-refractivity contribution in [2.24, 2.45) is 5.41 Å². The van der Waals surface area contributed by atoms with Crippen LogP contribution in [0, 0.1) is 12.3 Å². The average molecular weight is 1100 g/mol. The fraction of sp³-hybridized carbons (Fsp3) is 0.536. The first-order valence-electron chi connectivity index (χ1n) is 27.2. The Morgan fingerprint density at radius 2 is 1.74 bits per heavy atom. The van der Waals surface area contributed by atoms with Gasteiger partial charge in [0.2, 0.25) is 23.6 Å². The van der Waals surface area contributed by atoms with Crippen LogP contribution in [0.3, 0.4) is 0 Å². The van der Waals surface area contributed by atoms with Crippen molar-refractivity contribution in [2.45, 2.75) is 142 Å². The summed E-state index contributed by atoms with van der Waals surface area (Å²) in [5.41, 5.74) is 8.21. The number of rotatable bonds is 18. The molecule has 3 atom stereocenters. The van der Waals surface area contributed by atoms with Crippen LogP contribution in [0.5, 0.6) is 0 Å². The van der Waals surface area contributed by atoms with E-state index in [9.17, 15) is 29.1 Å². The Morgan fingerprint density at radius 3 is 2.46 bits per heavy atom. The molecule has 0 spiro atoms. The van der Waals surface area contributed by atoms with Crippen molar-refractivity contribution in [1.29, 1.82) is 0 Å². The summed E-state index contributed by atoms with van der Waals surface area (Å²) in [6.07, 6.45) is 5.04. The molecule has 5 N–H and O–H groups in total. The van der Waals surface area contributed by atoms with Crippen LogP contribution in [0.2, 0.25) is 0 Å². The number of urea groups is 1. The van der Waals surface area contributed by atoms with Crippen LogP contribution in [0.4, 0.5) is 25.1 Å². The summed E-state index contributed by atoms with van der Waals surface area (Å²) in [6.45, 7) is 10.7. The number of aromatic nitrogens is 5. The molecule has 418 valence electrons. The Balaban J connectivity index is 0.753. The van der Waals surface area contributed by atoms with Gasteiger partial charge in [-0.15, -0.1) is 11.3 Å². The molecule has 4 aliphatic rings. The minimum absolute atomic E-state index is 0.0274. The molecule has 2 fully saturated rings. The number of aliphatic hydroxyl groups is 1. The molecule has 2 saturated heterocycles. The lowest BCUT2D eigenvalue weighted by atomic mass is 9.85. The van der Waals surface area contributed by atoms with E-state index in [4.69, 9.17) is 9.84 Å². The number of hydrogen-bond acceptors (Lipinski definition) is 12. The number of likely N-dealkylation sites (tertiary alicyclic amines) is 1. The Bertz CT molecular complexity index is 2970. The minimum Gasteiger partial charge on any atom is -0.391 e. The smallest absolute Gasteiger partial charge is 0.317 e. The number of anilines is 2. The van der Waals surface area contributed by atoms with E-state index in [0.717, 1.165) is 57.8 Å². The topological polar surface area (TPSA) is 221 Å². The maximum Gasteiger partial charge on any atom is 0.317 e. The van der Waals surface area contributed by atoms with Gasteiger partial charge in [0.05, 0.1) is 41.0 Å². The number of fused-ring (bicyclic) bond motifs is 2. The van der Waals surface area contributed by atoms with Crippen molar-refractivity contribution in [3.8, 4) is 21.6 Å². The van der Waals surface area contributed by atoms with Crippen molar-refractivity contribution < 1.29 is 42.6 Å². The van der Waals surface area contributed by atoms with Gasteiger partial charge in [0.15, 0.2) is 5.82 Å². The predicted octanol–water partition coefficient (Wildman–Crippen LogP) is 6.74. The number of benzene rings is 2. The first kappa shape index (κ1) is 56.0. The molecule has 4 aliphatic heterocycles. The van der Waals surface area contributed by atoms with Crippen molar-refractivity contribution in [3.63, 3.8) is 0 Å². The van der Waals surface area contributed by atoms with E-state index in [1.54, 1.807) is 41.1 Å². The monoisotopic (exact) mass is 1090 g/mol. The molecular weight excluding hydrogens is 1020 g/mol. The van der Waals surface area contributed by atoms with Gasteiger partial charge in [-0.3, -0.25) is 28.5 Å². The third kappa shape index (κ3) is 12.7. The number of thiazole rings is 1. The number of unbranched alkanes of at least 4 members (excludes halogenated alkanes) is 2. The van der Waals surface area contributed by atoms with Crippen LogP contribution in [0.25, 0.3) is 21.6 Å². The Morgan fingerprint density at radius 1 is 0.962 bits per heavy atom. The van der Waals surface area contributed by atoms with Crippen LogP contribution in [0.1, 0.15) is 118 Å². The van der Waals surface area contributed by atoms with Gasteiger partial charge in [-0.2, -0.15) is 10.2 Å². The Kier molecular flexibility index (Phi) is 17.6. The maximum absolute atomic E-state index is 15.1. The van der Waals surface area contributed by atoms with Crippen LogP contribution >= 0.6 is 11.3 Å². The molecule has 5 aromatic rings.